The predicted molar refractivity (Wildman–Crippen MR) is 42.1 cm³/mol. The van der Waals surface area contributed by atoms with Gasteiger partial charge in [-0.3, -0.25) is 15.0 Å². The molecule has 0 aromatic heterocycles. The minimum Gasteiger partial charge on any atom is -0.370 e. The Morgan fingerprint density at radius 3 is 1.64 bits per heavy atom. The van der Waals surface area contributed by atoms with Gasteiger partial charge < -0.3 is 11.5 Å². The van der Waals surface area contributed by atoms with Gasteiger partial charge in [-0.25, -0.2) is 0 Å². The number of carbonyl (C=O) groups is 2. The van der Waals surface area contributed by atoms with Crippen LogP contribution < -0.4 is 11.5 Å². The van der Waals surface area contributed by atoms with Crippen LogP contribution in [-0.2, 0) is 9.59 Å². The van der Waals surface area contributed by atoms with Gasteiger partial charge in [-0.2, -0.15) is 0 Å². The molecule has 5 nitrogen and oxygen atoms in total. The molecule has 0 saturated carbocycles. The van der Waals surface area contributed by atoms with E-state index < -0.39 is 0 Å². The van der Waals surface area contributed by atoms with Crippen LogP contribution in [0.1, 0.15) is 20.3 Å². The Morgan fingerprint density at radius 1 is 1.36 bits per heavy atom. The summed E-state index contributed by atoms with van der Waals surface area (Å²) in [6.07, 6.45) is 0.329. The number of ketones is 2. The van der Waals surface area contributed by atoms with E-state index >= 15 is 0 Å². The van der Waals surface area contributed by atoms with Crippen molar-refractivity contribution < 1.29 is 9.59 Å². The Balaban J connectivity index is 0. The van der Waals surface area contributed by atoms with E-state index in [1.807, 2.05) is 0 Å². The SMILES string of the molecule is CCC(=O)C(C)=O.N=C(N)N. The molecule has 0 aromatic rings. The highest BCUT2D eigenvalue weighted by Crippen LogP contribution is 1.79. The van der Waals surface area contributed by atoms with Crippen LogP contribution in [0.25, 0.3) is 0 Å². The standard InChI is InChI=1S/C5H8O2.CH5N3/c1-3-5(7)4(2)6;2-1(3)4/h3H2,1-2H3;(H5,2,3,4). The minimum absolute atomic E-state index is 0.292. The van der Waals surface area contributed by atoms with Gasteiger partial charge in [0.25, 0.3) is 0 Å². The summed E-state index contributed by atoms with van der Waals surface area (Å²) in [6.45, 7) is 2.95. The van der Waals surface area contributed by atoms with Crippen molar-refractivity contribution >= 4 is 17.5 Å². The third-order valence-electron chi connectivity index (χ3n) is 0.714. The second kappa shape index (κ2) is 6.73. The molecular weight excluding hydrogens is 146 g/mol. The Bertz CT molecular complexity index is 161. The number of hydrogen-bond acceptors (Lipinski definition) is 3. The fourth-order valence-corrected chi connectivity index (χ4v) is 0.249. The summed E-state index contributed by atoms with van der Waals surface area (Å²) in [6, 6.07) is 0. The third-order valence-corrected chi connectivity index (χ3v) is 0.714. The molecular formula is C6H13N3O2. The van der Waals surface area contributed by atoms with Crippen LogP contribution in [0.5, 0.6) is 0 Å². The van der Waals surface area contributed by atoms with Gasteiger partial charge in [0.15, 0.2) is 17.5 Å². The first kappa shape index (κ1) is 12.3. The molecule has 0 unspecified atom stereocenters. The molecule has 0 atom stereocenters. The van der Waals surface area contributed by atoms with Crippen molar-refractivity contribution in [1.82, 2.24) is 0 Å². The molecule has 5 heteroatoms. The number of Topliss-reactive ketones (excluding diaryl/α,β-unsaturated/α-hetero) is 2. The van der Waals surface area contributed by atoms with Crippen LogP contribution >= 0.6 is 0 Å². The second-order valence-electron chi connectivity index (χ2n) is 1.79. The maximum Gasteiger partial charge on any atom is 0.197 e. The largest absolute Gasteiger partial charge is 0.370 e. The number of carbonyl (C=O) groups excluding carboxylic acids is 2. The van der Waals surface area contributed by atoms with Gasteiger partial charge in [0.2, 0.25) is 0 Å². The first-order valence-electron chi connectivity index (χ1n) is 3.05. The quantitative estimate of drug-likeness (QED) is 0.283. The average molecular weight is 159 g/mol. The molecule has 0 aliphatic heterocycles. The van der Waals surface area contributed by atoms with Crippen LogP contribution in [0.4, 0.5) is 0 Å². The molecule has 0 rings (SSSR count). The maximum absolute atomic E-state index is 10.2. The van der Waals surface area contributed by atoms with E-state index in [1.54, 1.807) is 6.92 Å². The molecule has 0 spiro atoms. The molecule has 0 heterocycles. The van der Waals surface area contributed by atoms with Crippen molar-refractivity contribution in [2.45, 2.75) is 20.3 Å². The summed E-state index contributed by atoms with van der Waals surface area (Å²) in [5.74, 6) is -0.970. The third kappa shape index (κ3) is 17.7. The van der Waals surface area contributed by atoms with E-state index in [0.717, 1.165) is 0 Å². The van der Waals surface area contributed by atoms with Crippen molar-refractivity contribution in [2.24, 2.45) is 11.5 Å². The lowest BCUT2D eigenvalue weighted by Crippen LogP contribution is -2.20. The van der Waals surface area contributed by atoms with Crippen LogP contribution in [0.15, 0.2) is 0 Å². The van der Waals surface area contributed by atoms with Gasteiger partial charge in [0, 0.05) is 13.3 Å². The van der Waals surface area contributed by atoms with Gasteiger partial charge >= 0.3 is 0 Å². The predicted octanol–water partition coefficient (Wildman–Crippen LogP) is -0.607. The Hall–Kier alpha value is -1.39. The summed E-state index contributed by atoms with van der Waals surface area (Å²) < 4.78 is 0. The summed E-state index contributed by atoms with van der Waals surface area (Å²) >= 11 is 0. The summed E-state index contributed by atoms with van der Waals surface area (Å²) in [7, 11) is 0. The Kier molecular flexibility index (Phi) is 7.52. The zero-order chi connectivity index (χ0) is 9.44. The lowest BCUT2D eigenvalue weighted by atomic mass is 10.2. The summed E-state index contributed by atoms with van der Waals surface area (Å²) in [4.78, 5) is 20.2. The fraction of sp³-hybridized carbons (Fsp3) is 0.500. The monoisotopic (exact) mass is 159 g/mol. The van der Waals surface area contributed by atoms with Crippen LogP contribution in [0, 0.1) is 5.41 Å². The topological polar surface area (TPSA) is 110 Å². The van der Waals surface area contributed by atoms with E-state index in [0.29, 0.717) is 6.42 Å². The maximum atomic E-state index is 10.2. The molecule has 0 fully saturated rings. The van der Waals surface area contributed by atoms with Crippen molar-refractivity contribution in [2.75, 3.05) is 0 Å². The van der Waals surface area contributed by atoms with Gasteiger partial charge in [-0.05, 0) is 0 Å². The van der Waals surface area contributed by atoms with Crippen molar-refractivity contribution in [1.29, 1.82) is 5.41 Å². The zero-order valence-corrected chi connectivity index (χ0v) is 6.68. The van der Waals surface area contributed by atoms with Crippen molar-refractivity contribution in [3.8, 4) is 0 Å². The fourth-order valence-electron chi connectivity index (χ4n) is 0.249. The molecule has 0 radical (unpaired) electrons. The van der Waals surface area contributed by atoms with Crippen LogP contribution in [-0.4, -0.2) is 17.5 Å². The van der Waals surface area contributed by atoms with Gasteiger partial charge in [-0.1, -0.05) is 6.92 Å². The highest BCUT2D eigenvalue weighted by Gasteiger charge is 2.00. The Morgan fingerprint density at radius 2 is 1.64 bits per heavy atom. The lowest BCUT2D eigenvalue weighted by molar-refractivity contribution is -0.135. The number of guanidine groups is 1. The van der Waals surface area contributed by atoms with Crippen LogP contribution in [0.3, 0.4) is 0 Å². The number of nitrogens with one attached hydrogen (secondary N) is 1. The molecule has 5 N–H and O–H groups in total. The van der Waals surface area contributed by atoms with Gasteiger partial charge in [-0.15, -0.1) is 0 Å². The summed E-state index contributed by atoms with van der Waals surface area (Å²) in [5.41, 5.74) is 8.94. The normalized spacial score (nSPS) is 7.45. The van der Waals surface area contributed by atoms with E-state index in [4.69, 9.17) is 5.41 Å². The smallest absolute Gasteiger partial charge is 0.197 e. The molecule has 0 aromatic carbocycles. The first-order chi connectivity index (χ1) is 4.91. The van der Waals surface area contributed by atoms with Gasteiger partial charge in [0.05, 0.1) is 0 Å². The van der Waals surface area contributed by atoms with E-state index in [9.17, 15) is 9.59 Å². The number of hydrogen-bond donors (Lipinski definition) is 3. The Labute approximate surface area is 65.3 Å². The van der Waals surface area contributed by atoms with Crippen molar-refractivity contribution in [3.63, 3.8) is 0 Å². The van der Waals surface area contributed by atoms with E-state index in [-0.39, 0.29) is 17.5 Å². The second-order valence-corrected chi connectivity index (χ2v) is 1.79. The lowest BCUT2D eigenvalue weighted by Gasteiger charge is -1.81. The first-order valence-corrected chi connectivity index (χ1v) is 3.05. The van der Waals surface area contributed by atoms with Gasteiger partial charge in [0.1, 0.15) is 0 Å². The molecule has 0 aliphatic rings. The van der Waals surface area contributed by atoms with E-state index in [1.165, 1.54) is 6.92 Å². The average Bonchev–Trinajstić information content (AvgIpc) is 1.85. The number of rotatable bonds is 2. The van der Waals surface area contributed by atoms with Crippen LogP contribution in [0.2, 0.25) is 0 Å². The van der Waals surface area contributed by atoms with Crippen molar-refractivity contribution in [3.05, 3.63) is 0 Å². The molecule has 64 valence electrons. The number of nitrogens with two attached hydrogens (primary N) is 2. The molecule has 0 saturated heterocycles. The minimum atomic E-state index is -0.345. The molecule has 11 heavy (non-hydrogen) atoms. The van der Waals surface area contributed by atoms with E-state index in [2.05, 4.69) is 11.5 Å². The highest BCUT2D eigenvalue weighted by molar-refractivity contribution is 6.36. The highest BCUT2D eigenvalue weighted by atomic mass is 16.2. The zero-order valence-electron chi connectivity index (χ0n) is 6.68. The molecule has 0 amide bonds. The summed E-state index contributed by atoms with van der Waals surface area (Å²) in [5, 5.41) is 6.06. The molecule has 0 bridgehead atoms. The molecule has 0 aliphatic carbocycles.